The lowest BCUT2D eigenvalue weighted by Gasteiger charge is -2.10. The molecule has 0 saturated carbocycles. The van der Waals surface area contributed by atoms with Crippen LogP contribution in [-0.2, 0) is 23.1 Å². The van der Waals surface area contributed by atoms with Gasteiger partial charge in [0.2, 0.25) is 10.0 Å². The maximum atomic E-state index is 13.3. The van der Waals surface area contributed by atoms with Gasteiger partial charge in [0.1, 0.15) is 11.4 Å². The van der Waals surface area contributed by atoms with Gasteiger partial charge in [-0.05, 0) is 41.5 Å². The molecule has 10 heteroatoms. The first-order chi connectivity index (χ1) is 14.8. The van der Waals surface area contributed by atoms with Gasteiger partial charge in [0, 0.05) is 19.2 Å². The second-order valence-electron chi connectivity index (χ2n) is 6.56. The highest BCUT2D eigenvalue weighted by Crippen LogP contribution is 2.18. The van der Waals surface area contributed by atoms with Crippen LogP contribution in [0.15, 0.2) is 77.7 Å². The van der Waals surface area contributed by atoms with Crippen molar-refractivity contribution in [3.63, 3.8) is 0 Å². The molecular formula is C21H18FN3O5S. The van der Waals surface area contributed by atoms with Crippen molar-refractivity contribution in [1.29, 1.82) is 0 Å². The van der Waals surface area contributed by atoms with Crippen molar-refractivity contribution in [2.45, 2.75) is 18.0 Å². The normalized spacial score (nSPS) is 11.1. The second-order valence-corrected chi connectivity index (χ2v) is 8.33. The minimum atomic E-state index is -3.88. The van der Waals surface area contributed by atoms with E-state index in [0.717, 1.165) is 0 Å². The highest BCUT2D eigenvalue weighted by Gasteiger charge is 2.19. The Morgan fingerprint density at radius 2 is 1.61 bits per heavy atom. The highest BCUT2D eigenvalue weighted by atomic mass is 32.2. The maximum absolute atomic E-state index is 13.3. The zero-order valence-corrected chi connectivity index (χ0v) is 16.9. The standard InChI is InChI=1S/C21H18FN3O5S/c22-17-7-3-5-15(11-17)14-24-31(29,30)18-8-4-6-16(12-18)13-23-21(26)19-9-1-2-10-20(19)25(27)28/h1-12,24H,13-14H2,(H,23,26). The predicted molar refractivity (Wildman–Crippen MR) is 111 cm³/mol. The van der Waals surface area contributed by atoms with E-state index < -0.39 is 26.7 Å². The van der Waals surface area contributed by atoms with Crippen LogP contribution in [0.5, 0.6) is 0 Å². The van der Waals surface area contributed by atoms with Crippen LogP contribution < -0.4 is 10.0 Å². The molecule has 31 heavy (non-hydrogen) atoms. The predicted octanol–water partition coefficient (Wildman–Crippen LogP) is 3.14. The van der Waals surface area contributed by atoms with Gasteiger partial charge in [-0.2, -0.15) is 0 Å². The Morgan fingerprint density at radius 3 is 2.32 bits per heavy atom. The van der Waals surface area contributed by atoms with Gasteiger partial charge in [-0.15, -0.1) is 0 Å². The van der Waals surface area contributed by atoms with Crippen molar-refractivity contribution in [3.8, 4) is 0 Å². The zero-order valence-electron chi connectivity index (χ0n) is 16.1. The summed E-state index contributed by atoms with van der Waals surface area (Å²) >= 11 is 0. The van der Waals surface area contributed by atoms with Crippen LogP contribution in [-0.4, -0.2) is 19.2 Å². The third kappa shape index (κ3) is 5.71. The number of carbonyl (C=O) groups is 1. The molecule has 3 aromatic rings. The van der Waals surface area contributed by atoms with Crippen LogP contribution in [0.3, 0.4) is 0 Å². The van der Waals surface area contributed by atoms with E-state index in [-0.39, 0.29) is 29.2 Å². The minimum Gasteiger partial charge on any atom is -0.348 e. The molecule has 3 aromatic carbocycles. The van der Waals surface area contributed by atoms with Crippen LogP contribution in [0.25, 0.3) is 0 Å². The number of nitro groups is 1. The summed E-state index contributed by atoms with van der Waals surface area (Å²) in [7, 11) is -3.88. The summed E-state index contributed by atoms with van der Waals surface area (Å²) < 4.78 is 40.8. The Hall–Kier alpha value is -3.63. The molecular weight excluding hydrogens is 425 g/mol. The number of benzene rings is 3. The quantitative estimate of drug-likeness (QED) is 0.410. The fourth-order valence-corrected chi connectivity index (χ4v) is 3.92. The molecule has 0 unspecified atom stereocenters. The maximum Gasteiger partial charge on any atom is 0.282 e. The fraction of sp³-hybridized carbons (Fsp3) is 0.0952. The topological polar surface area (TPSA) is 118 Å². The van der Waals surface area contributed by atoms with E-state index in [0.29, 0.717) is 11.1 Å². The summed E-state index contributed by atoms with van der Waals surface area (Å²) in [5, 5.41) is 13.6. The number of nitrogens with zero attached hydrogens (tertiary/aromatic N) is 1. The Balaban J connectivity index is 1.68. The van der Waals surface area contributed by atoms with E-state index in [1.807, 2.05) is 0 Å². The molecule has 0 aliphatic rings. The second kappa shape index (κ2) is 9.45. The average Bonchev–Trinajstić information content (AvgIpc) is 2.76. The van der Waals surface area contributed by atoms with Crippen LogP contribution >= 0.6 is 0 Å². The molecule has 0 aliphatic heterocycles. The number of rotatable bonds is 8. The smallest absolute Gasteiger partial charge is 0.282 e. The van der Waals surface area contributed by atoms with E-state index in [1.165, 1.54) is 60.7 Å². The summed E-state index contributed by atoms with van der Waals surface area (Å²) in [4.78, 5) is 22.7. The van der Waals surface area contributed by atoms with E-state index in [2.05, 4.69) is 10.0 Å². The van der Waals surface area contributed by atoms with E-state index in [9.17, 15) is 27.7 Å². The molecule has 0 radical (unpaired) electrons. The molecule has 8 nitrogen and oxygen atoms in total. The van der Waals surface area contributed by atoms with Crippen molar-refractivity contribution in [2.75, 3.05) is 0 Å². The van der Waals surface area contributed by atoms with Crippen LogP contribution in [0.4, 0.5) is 10.1 Å². The monoisotopic (exact) mass is 443 g/mol. The van der Waals surface area contributed by atoms with Gasteiger partial charge in [0.25, 0.3) is 11.6 Å². The molecule has 0 spiro atoms. The molecule has 0 atom stereocenters. The molecule has 0 aromatic heterocycles. The Labute approximate surface area is 177 Å². The molecule has 0 bridgehead atoms. The van der Waals surface area contributed by atoms with Gasteiger partial charge in [0.05, 0.1) is 9.82 Å². The molecule has 0 saturated heterocycles. The lowest BCUT2D eigenvalue weighted by Crippen LogP contribution is -2.25. The summed E-state index contributed by atoms with van der Waals surface area (Å²) in [6, 6.07) is 17.0. The van der Waals surface area contributed by atoms with Crippen LogP contribution in [0, 0.1) is 15.9 Å². The van der Waals surface area contributed by atoms with Crippen molar-refractivity contribution < 1.29 is 22.5 Å². The van der Waals surface area contributed by atoms with Crippen molar-refractivity contribution in [1.82, 2.24) is 10.0 Å². The summed E-state index contributed by atoms with van der Waals surface area (Å²) in [5.74, 6) is -1.11. The third-order valence-corrected chi connectivity index (χ3v) is 5.76. The van der Waals surface area contributed by atoms with Crippen molar-refractivity contribution in [2.24, 2.45) is 0 Å². The molecule has 3 rings (SSSR count). The Kier molecular flexibility index (Phi) is 6.73. The van der Waals surface area contributed by atoms with Crippen LogP contribution in [0.2, 0.25) is 0 Å². The molecule has 0 aliphatic carbocycles. The minimum absolute atomic E-state index is 0.0265. The highest BCUT2D eigenvalue weighted by molar-refractivity contribution is 7.89. The first-order valence-corrected chi connectivity index (χ1v) is 10.6. The number of halogens is 1. The van der Waals surface area contributed by atoms with Gasteiger partial charge >= 0.3 is 0 Å². The number of hydrogen-bond acceptors (Lipinski definition) is 5. The van der Waals surface area contributed by atoms with E-state index in [4.69, 9.17) is 0 Å². The third-order valence-electron chi connectivity index (χ3n) is 4.36. The first-order valence-electron chi connectivity index (χ1n) is 9.11. The Morgan fingerprint density at radius 1 is 0.935 bits per heavy atom. The van der Waals surface area contributed by atoms with Crippen molar-refractivity contribution >= 4 is 21.6 Å². The largest absolute Gasteiger partial charge is 0.348 e. The summed E-state index contributed by atoms with van der Waals surface area (Å²) in [5.41, 5.74) is 0.544. The molecule has 160 valence electrons. The number of carbonyl (C=O) groups excluding carboxylic acids is 1. The number of nitrogens with one attached hydrogen (secondary N) is 2. The van der Waals surface area contributed by atoms with Gasteiger partial charge < -0.3 is 5.32 Å². The lowest BCUT2D eigenvalue weighted by molar-refractivity contribution is -0.385. The summed E-state index contributed by atoms with van der Waals surface area (Å²) in [6.45, 7) is -0.114. The first kappa shape index (κ1) is 22.1. The zero-order chi connectivity index (χ0) is 22.4. The van der Waals surface area contributed by atoms with E-state index >= 15 is 0 Å². The number of hydrogen-bond donors (Lipinski definition) is 2. The fourth-order valence-electron chi connectivity index (χ4n) is 2.83. The van der Waals surface area contributed by atoms with Crippen molar-refractivity contribution in [3.05, 3.63) is 105 Å². The SMILES string of the molecule is O=C(NCc1cccc(S(=O)(=O)NCc2cccc(F)c2)c1)c1ccccc1[N+](=O)[O-]. The van der Waals surface area contributed by atoms with Crippen LogP contribution in [0.1, 0.15) is 21.5 Å². The van der Waals surface area contributed by atoms with E-state index in [1.54, 1.807) is 12.1 Å². The van der Waals surface area contributed by atoms with Gasteiger partial charge in [-0.25, -0.2) is 17.5 Å². The number of nitro benzene ring substituents is 1. The summed E-state index contributed by atoms with van der Waals surface area (Å²) in [6.07, 6.45) is 0. The number of amides is 1. The molecule has 1 amide bonds. The average molecular weight is 443 g/mol. The molecule has 0 heterocycles. The molecule has 0 fully saturated rings. The Bertz CT molecular complexity index is 1230. The number of para-hydroxylation sites is 1. The van der Waals surface area contributed by atoms with Gasteiger partial charge in [0.15, 0.2) is 0 Å². The van der Waals surface area contributed by atoms with Gasteiger partial charge in [-0.3, -0.25) is 14.9 Å². The lowest BCUT2D eigenvalue weighted by atomic mass is 10.1. The van der Waals surface area contributed by atoms with Gasteiger partial charge in [-0.1, -0.05) is 36.4 Å². The molecule has 2 N–H and O–H groups in total. The number of sulfonamides is 1.